The van der Waals surface area contributed by atoms with Gasteiger partial charge in [0.2, 0.25) is 0 Å². The van der Waals surface area contributed by atoms with E-state index in [-0.39, 0.29) is 0 Å². The molecule has 8 rings (SSSR count). The van der Waals surface area contributed by atoms with Gasteiger partial charge in [0.25, 0.3) is 0 Å². The van der Waals surface area contributed by atoms with E-state index in [2.05, 4.69) is 157 Å². The lowest BCUT2D eigenvalue weighted by atomic mass is 9.99. The third-order valence-electron chi connectivity index (χ3n) is 7.81. The number of hydrogen-bond donors (Lipinski definition) is 0. The minimum Gasteiger partial charge on any atom is -0.310 e. The number of para-hydroxylation sites is 1. The van der Waals surface area contributed by atoms with E-state index >= 15 is 0 Å². The Morgan fingerprint density at radius 1 is 0.400 bits per heavy atom. The van der Waals surface area contributed by atoms with E-state index < -0.39 is 0 Å². The number of anilines is 3. The lowest BCUT2D eigenvalue weighted by Crippen LogP contribution is -2.10. The topological polar surface area (TPSA) is 3.24 Å². The van der Waals surface area contributed by atoms with E-state index in [4.69, 9.17) is 0 Å². The van der Waals surface area contributed by atoms with Crippen molar-refractivity contribution in [3.05, 3.63) is 152 Å². The minimum absolute atomic E-state index is 1.14. The second kappa shape index (κ2) is 9.37. The zero-order chi connectivity index (χ0) is 26.5. The predicted molar refractivity (Wildman–Crippen MR) is 174 cm³/mol. The molecule has 0 radical (unpaired) electrons. The Morgan fingerprint density at radius 2 is 0.975 bits per heavy atom. The van der Waals surface area contributed by atoms with Crippen molar-refractivity contribution in [3.63, 3.8) is 0 Å². The third-order valence-corrected chi connectivity index (χ3v) is 8.91. The fourth-order valence-corrected chi connectivity index (χ4v) is 7.12. The molecular weight excluding hydrogens is 502 g/mol. The molecule has 0 aliphatic rings. The first-order chi connectivity index (χ1) is 19.8. The summed E-state index contributed by atoms with van der Waals surface area (Å²) in [5.41, 5.74) is 5.92. The van der Waals surface area contributed by atoms with Crippen LogP contribution in [0.25, 0.3) is 52.8 Å². The maximum absolute atomic E-state index is 2.40. The average Bonchev–Trinajstić information content (AvgIpc) is 3.38. The molecule has 0 atom stereocenters. The third kappa shape index (κ3) is 3.77. The highest BCUT2D eigenvalue weighted by molar-refractivity contribution is 7.26. The number of thiophene rings is 1. The molecule has 1 nitrogen and oxygen atoms in total. The summed E-state index contributed by atoms with van der Waals surface area (Å²) < 4.78 is 2.63. The molecule has 0 saturated heterocycles. The van der Waals surface area contributed by atoms with Crippen LogP contribution < -0.4 is 4.90 Å². The second-order valence-electron chi connectivity index (χ2n) is 10.2. The van der Waals surface area contributed by atoms with Crippen molar-refractivity contribution in [1.29, 1.82) is 0 Å². The maximum atomic E-state index is 2.40. The maximum Gasteiger partial charge on any atom is 0.0554 e. The average molecular weight is 528 g/mol. The number of benzene rings is 7. The summed E-state index contributed by atoms with van der Waals surface area (Å²) >= 11 is 1.89. The molecule has 0 aliphatic carbocycles. The van der Waals surface area contributed by atoms with Gasteiger partial charge in [0.1, 0.15) is 0 Å². The molecule has 0 amide bonds. The Hall–Kier alpha value is -4.92. The summed E-state index contributed by atoms with van der Waals surface area (Å²) in [5.74, 6) is 0. The van der Waals surface area contributed by atoms with Crippen LogP contribution in [-0.2, 0) is 0 Å². The van der Waals surface area contributed by atoms with Crippen molar-refractivity contribution < 1.29 is 0 Å². The summed E-state index contributed by atoms with van der Waals surface area (Å²) in [6.45, 7) is 0. The van der Waals surface area contributed by atoms with E-state index in [0.717, 1.165) is 11.4 Å². The zero-order valence-electron chi connectivity index (χ0n) is 21.8. The molecule has 1 heterocycles. The van der Waals surface area contributed by atoms with Gasteiger partial charge in [0.05, 0.1) is 5.69 Å². The van der Waals surface area contributed by atoms with Crippen LogP contribution >= 0.6 is 11.3 Å². The van der Waals surface area contributed by atoms with Crippen LogP contribution in [-0.4, -0.2) is 0 Å². The molecule has 8 aromatic rings. The van der Waals surface area contributed by atoms with Crippen molar-refractivity contribution in [2.75, 3.05) is 4.90 Å². The second-order valence-corrected chi connectivity index (χ2v) is 11.3. The van der Waals surface area contributed by atoms with Crippen molar-refractivity contribution in [2.45, 2.75) is 0 Å². The van der Waals surface area contributed by atoms with Crippen LogP contribution in [0.2, 0.25) is 0 Å². The smallest absolute Gasteiger partial charge is 0.0554 e. The SMILES string of the molecule is c1ccc(-c2ccc(N(c3ccccc3)c3cc4sc5cc6ccccc6cc5c4c4ccccc34)cc2)cc1. The van der Waals surface area contributed by atoms with Crippen LogP contribution in [0.3, 0.4) is 0 Å². The fraction of sp³-hybridized carbons (Fsp3) is 0. The van der Waals surface area contributed by atoms with E-state index in [1.807, 2.05) is 11.3 Å². The van der Waals surface area contributed by atoms with Gasteiger partial charge in [-0.15, -0.1) is 11.3 Å². The van der Waals surface area contributed by atoms with Gasteiger partial charge < -0.3 is 4.90 Å². The molecule has 0 fully saturated rings. The van der Waals surface area contributed by atoms with Crippen molar-refractivity contribution in [3.8, 4) is 11.1 Å². The zero-order valence-corrected chi connectivity index (χ0v) is 22.6. The van der Waals surface area contributed by atoms with Crippen LogP contribution in [0, 0.1) is 0 Å². The van der Waals surface area contributed by atoms with Gasteiger partial charge in [0.15, 0.2) is 0 Å². The molecule has 188 valence electrons. The highest BCUT2D eigenvalue weighted by Crippen LogP contribution is 2.47. The Bertz CT molecular complexity index is 2140. The largest absolute Gasteiger partial charge is 0.310 e. The van der Waals surface area contributed by atoms with Gasteiger partial charge in [-0.1, -0.05) is 109 Å². The van der Waals surface area contributed by atoms with Crippen LogP contribution in [0.5, 0.6) is 0 Å². The molecular formula is C38H25NS. The predicted octanol–water partition coefficient (Wildman–Crippen LogP) is 11.5. The Morgan fingerprint density at radius 3 is 1.73 bits per heavy atom. The van der Waals surface area contributed by atoms with E-state index in [0.29, 0.717) is 0 Å². The number of hydrogen-bond acceptors (Lipinski definition) is 2. The Labute approximate surface area is 237 Å². The van der Waals surface area contributed by atoms with Gasteiger partial charge >= 0.3 is 0 Å². The summed E-state index contributed by atoms with van der Waals surface area (Å²) in [4.78, 5) is 2.40. The molecule has 0 unspecified atom stereocenters. The molecule has 0 N–H and O–H groups in total. The molecule has 0 saturated carbocycles. The fourth-order valence-electron chi connectivity index (χ4n) is 5.93. The summed E-state index contributed by atoms with van der Waals surface area (Å²) in [5, 5.41) is 7.79. The Balaban J connectivity index is 1.39. The highest BCUT2D eigenvalue weighted by atomic mass is 32.1. The summed E-state index contributed by atoms with van der Waals surface area (Å²) in [7, 11) is 0. The van der Waals surface area contributed by atoms with E-state index in [1.165, 1.54) is 58.5 Å². The van der Waals surface area contributed by atoms with Crippen molar-refractivity contribution >= 4 is 70.1 Å². The molecule has 0 aliphatic heterocycles. The summed E-state index contributed by atoms with van der Waals surface area (Å²) in [6, 6.07) is 54.9. The molecule has 2 heteroatoms. The van der Waals surface area contributed by atoms with Gasteiger partial charge in [-0.2, -0.15) is 0 Å². The number of nitrogens with zero attached hydrogens (tertiary/aromatic N) is 1. The molecule has 0 bridgehead atoms. The first-order valence-corrected chi connectivity index (χ1v) is 14.4. The normalized spacial score (nSPS) is 11.5. The van der Waals surface area contributed by atoms with Gasteiger partial charge in [-0.3, -0.25) is 0 Å². The lowest BCUT2D eigenvalue weighted by molar-refractivity contribution is 1.30. The monoisotopic (exact) mass is 527 g/mol. The van der Waals surface area contributed by atoms with Gasteiger partial charge in [-0.25, -0.2) is 0 Å². The highest BCUT2D eigenvalue weighted by Gasteiger charge is 2.19. The van der Waals surface area contributed by atoms with Crippen molar-refractivity contribution in [2.24, 2.45) is 0 Å². The quantitative estimate of drug-likeness (QED) is 0.220. The van der Waals surface area contributed by atoms with E-state index in [9.17, 15) is 0 Å². The molecule has 0 spiro atoms. The number of fused-ring (bicyclic) bond motifs is 6. The van der Waals surface area contributed by atoms with Crippen LogP contribution in [0.4, 0.5) is 17.1 Å². The van der Waals surface area contributed by atoms with Gasteiger partial charge in [-0.05, 0) is 69.8 Å². The van der Waals surface area contributed by atoms with Gasteiger partial charge in [0, 0.05) is 36.9 Å². The lowest BCUT2D eigenvalue weighted by Gasteiger charge is -2.27. The molecule has 1 aromatic heterocycles. The van der Waals surface area contributed by atoms with E-state index in [1.54, 1.807) is 0 Å². The van der Waals surface area contributed by atoms with Crippen LogP contribution in [0.15, 0.2) is 152 Å². The summed E-state index contributed by atoms with van der Waals surface area (Å²) in [6.07, 6.45) is 0. The molecule has 40 heavy (non-hydrogen) atoms. The standard InChI is InChI=1S/C38H25NS/c1-3-11-26(12-4-1)27-19-21-31(22-20-27)39(30-15-5-2-6-16-30)35-25-37-38(33-18-10-9-17-32(33)35)34-23-28-13-7-8-14-29(28)24-36(34)40-37/h1-25H. The number of rotatable bonds is 4. The first-order valence-electron chi connectivity index (χ1n) is 13.6. The minimum atomic E-state index is 1.14. The first kappa shape index (κ1) is 23.0. The molecule has 7 aromatic carbocycles. The van der Waals surface area contributed by atoms with Crippen molar-refractivity contribution in [1.82, 2.24) is 0 Å². The Kier molecular flexibility index (Phi) is 5.39. The van der Waals surface area contributed by atoms with Crippen LogP contribution in [0.1, 0.15) is 0 Å².